The summed E-state index contributed by atoms with van der Waals surface area (Å²) in [5.41, 5.74) is 1.45. The van der Waals surface area contributed by atoms with Crippen molar-refractivity contribution < 1.29 is 14.3 Å². The fourth-order valence-electron chi connectivity index (χ4n) is 2.00. The minimum atomic E-state index is -0.365. The van der Waals surface area contributed by atoms with Gasteiger partial charge in [0.15, 0.2) is 4.80 Å². The first-order chi connectivity index (χ1) is 9.60. The molecule has 0 aliphatic heterocycles. The molecule has 1 aliphatic carbocycles. The molecule has 1 heterocycles. The first-order valence-electron chi connectivity index (χ1n) is 6.36. The third-order valence-electron chi connectivity index (χ3n) is 3.36. The van der Waals surface area contributed by atoms with E-state index >= 15 is 0 Å². The Labute approximate surface area is 119 Å². The van der Waals surface area contributed by atoms with E-state index < -0.39 is 0 Å². The minimum absolute atomic E-state index is 0.0413. The fraction of sp³-hybridized carbons (Fsp3) is 0.357. The van der Waals surface area contributed by atoms with Gasteiger partial charge in [0, 0.05) is 13.0 Å². The summed E-state index contributed by atoms with van der Waals surface area (Å²) in [6.45, 7) is 0. The first kappa shape index (κ1) is 13.1. The largest absolute Gasteiger partial charge is 0.465 e. The monoisotopic (exact) mass is 290 g/mol. The van der Waals surface area contributed by atoms with Crippen LogP contribution in [0.15, 0.2) is 23.2 Å². The molecule has 0 atom stereocenters. The summed E-state index contributed by atoms with van der Waals surface area (Å²) in [6, 6.07) is 5.33. The van der Waals surface area contributed by atoms with Crippen molar-refractivity contribution in [2.24, 2.45) is 18.0 Å². The van der Waals surface area contributed by atoms with Gasteiger partial charge in [-0.25, -0.2) is 4.79 Å². The normalized spacial score (nSPS) is 15.6. The average molecular weight is 290 g/mol. The molecule has 1 fully saturated rings. The average Bonchev–Trinajstić information content (AvgIpc) is 3.25. The molecule has 104 valence electrons. The van der Waals surface area contributed by atoms with Crippen LogP contribution in [0.2, 0.25) is 0 Å². The number of aryl methyl sites for hydroxylation is 1. The molecule has 20 heavy (non-hydrogen) atoms. The molecule has 5 nitrogen and oxygen atoms in total. The Morgan fingerprint density at radius 3 is 2.80 bits per heavy atom. The van der Waals surface area contributed by atoms with Crippen LogP contribution in [0, 0.1) is 5.92 Å². The van der Waals surface area contributed by atoms with Crippen molar-refractivity contribution in [3.8, 4) is 0 Å². The summed E-state index contributed by atoms with van der Waals surface area (Å²) in [6.07, 6.45) is 1.90. The summed E-state index contributed by atoms with van der Waals surface area (Å²) in [4.78, 5) is 28.1. The molecule has 3 rings (SSSR count). The van der Waals surface area contributed by atoms with Crippen molar-refractivity contribution >= 4 is 33.4 Å². The lowest BCUT2D eigenvalue weighted by Gasteiger charge is -1.99. The molecule has 1 aliphatic rings. The second kappa shape index (κ2) is 4.86. The molecule has 1 amide bonds. The van der Waals surface area contributed by atoms with Crippen LogP contribution in [-0.2, 0) is 16.6 Å². The van der Waals surface area contributed by atoms with Gasteiger partial charge in [0.05, 0.1) is 22.9 Å². The smallest absolute Gasteiger partial charge is 0.337 e. The van der Waals surface area contributed by atoms with Gasteiger partial charge in [-0.3, -0.25) is 4.79 Å². The van der Waals surface area contributed by atoms with Crippen molar-refractivity contribution in [2.75, 3.05) is 7.11 Å². The molecule has 0 radical (unpaired) electrons. The van der Waals surface area contributed by atoms with Gasteiger partial charge in [-0.2, -0.15) is 4.99 Å². The standard InChI is InChI=1S/C14H14N2O3S/c1-16-10-6-5-9(13(18)19-2)7-11(10)20-14(16)15-12(17)8-3-4-8/h5-8H,3-4H2,1-2H3. The second-order valence-electron chi connectivity index (χ2n) is 4.84. The third kappa shape index (κ3) is 2.27. The topological polar surface area (TPSA) is 60.7 Å². The van der Waals surface area contributed by atoms with Crippen LogP contribution in [0.1, 0.15) is 23.2 Å². The number of carbonyl (C=O) groups is 2. The number of fused-ring (bicyclic) bond motifs is 1. The summed E-state index contributed by atoms with van der Waals surface area (Å²) in [7, 11) is 3.23. The molecule has 2 aromatic rings. The Morgan fingerprint density at radius 1 is 1.40 bits per heavy atom. The van der Waals surface area contributed by atoms with Gasteiger partial charge in [-0.05, 0) is 31.0 Å². The second-order valence-corrected chi connectivity index (χ2v) is 5.85. The molecule has 1 saturated carbocycles. The van der Waals surface area contributed by atoms with Crippen molar-refractivity contribution in [3.63, 3.8) is 0 Å². The van der Waals surface area contributed by atoms with Crippen molar-refractivity contribution in [2.45, 2.75) is 12.8 Å². The van der Waals surface area contributed by atoms with Crippen molar-refractivity contribution in [3.05, 3.63) is 28.6 Å². The molecule has 0 saturated heterocycles. The Morgan fingerprint density at radius 2 is 2.15 bits per heavy atom. The fourth-order valence-corrected chi connectivity index (χ4v) is 3.06. The molecule has 6 heteroatoms. The van der Waals surface area contributed by atoms with Crippen LogP contribution in [-0.4, -0.2) is 23.6 Å². The van der Waals surface area contributed by atoms with Gasteiger partial charge in [-0.15, -0.1) is 0 Å². The lowest BCUT2D eigenvalue weighted by Crippen LogP contribution is -2.13. The van der Waals surface area contributed by atoms with E-state index in [1.165, 1.54) is 18.4 Å². The minimum Gasteiger partial charge on any atom is -0.465 e. The maximum atomic E-state index is 11.8. The number of benzene rings is 1. The van der Waals surface area contributed by atoms with Gasteiger partial charge < -0.3 is 9.30 Å². The molecule has 0 bridgehead atoms. The quantitative estimate of drug-likeness (QED) is 0.793. The van der Waals surface area contributed by atoms with E-state index in [9.17, 15) is 9.59 Å². The number of hydrogen-bond donors (Lipinski definition) is 0. The van der Waals surface area contributed by atoms with E-state index in [0.717, 1.165) is 23.1 Å². The van der Waals surface area contributed by atoms with Crippen LogP contribution >= 0.6 is 11.3 Å². The van der Waals surface area contributed by atoms with Crippen LogP contribution in [0.4, 0.5) is 0 Å². The summed E-state index contributed by atoms with van der Waals surface area (Å²) in [5, 5.41) is 0. The zero-order valence-electron chi connectivity index (χ0n) is 11.3. The Balaban J connectivity index is 2.09. The number of esters is 1. The van der Waals surface area contributed by atoms with Crippen molar-refractivity contribution in [1.29, 1.82) is 0 Å². The van der Waals surface area contributed by atoms with Crippen LogP contribution in [0.25, 0.3) is 10.2 Å². The molecular formula is C14H14N2O3S. The van der Waals surface area contributed by atoms with Gasteiger partial charge in [0.1, 0.15) is 0 Å². The molecule has 1 aromatic carbocycles. The molecule has 0 unspecified atom stereocenters. The number of hydrogen-bond acceptors (Lipinski definition) is 4. The highest BCUT2D eigenvalue weighted by molar-refractivity contribution is 7.16. The van der Waals surface area contributed by atoms with Gasteiger partial charge in [-0.1, -0.05) is 11.3 Å². The number of aromatic nitrogens is 1. The number of carbonyl (C=O) groups excluding carboxylic acids is 2. The predicted molar refractivity (Wildman–Crippen MR) is 75.4 cm³/mol. The molecule has 1 aromatic heterocycles. The lowest BCUT2D eigenvalue weighted by atomic mass is 10.2. The SMILES string of the molecule is COC(=O)c1ccc2c(c1)sc(=NC(=O)C1CC1)n2C. The van der Waals surface area contributed by atoms with Crippen molar-refractivity contribution in [1.82, 2.24) is 4.57 Å². The Kier molecular flexibility index (Phi) is 3.17. The lowest BCUT2D eigenvalue weighted by molar-refractivity contribution is -0.119. The third-order valence-corrected chi connectivity index (χ3v) is 4.46. The summed E-state index contributed by atoms with van der Waals surface area (Å²) < 4.78 is 7.50. The Bertz CT molecular complexity index is 768. The maximum absolute atomic E-state index is 11.8. The van der Waals surface area contributed by atoms with E-state index in [-0.39, 0.29) is 17.8 Å². The maximum Gasteiger partial charge on any atom is 0.337 e. The Hall–Kier alpha value is -1.95. The highest BCUT2D eigenvalue weighted by Gasteiger charge is 2.29. The van der Waals surface area contributed by atoms with Crippen LogP contribution < -0.4 is 4.80 Å². The number of rotatable bonds is 2. The summed E-state index contributed by atoms with van der Waals surface area (Å²) >= 11 is 1.41. The van der Waals surface area contributed by atoms with E-state index in [0.29, 0.717) is 10.4 Å². The molecule has 0 spiro atoms. The molecule has 0 N–H and O–H groups in total. The van der Waals surface area contributed by atoms with E-state index in [2.05, 4.69) is 4.99 Å². The predicted octanol–water partition coefficient (Wildman–Crippen LogP) is 1.86. The van der Waals surface area contributed by atoms with Crippen LogP contribution in [0.3, 0.4) is 0 Å². The zero-order chi connectivity index (χ0) is 14.3. The van der Waals surface area contributed by atoms with E-state index in [1.807, 2.05) is 17.7 Å². The van der Waals surface area contributed by atoms with Gasteiger partial charge in [0.2, 0.25) is 0 Å². The van der Waals surface area contributed by atoms with Gasteiger partial charge in [0.25, 0.3) is 5.91 Å². The van der Waals surface area contributed by atoms with E-state index in [4.69, 9.17) is 4.74 Å². The number of methoxy groups -OCH3 is 1. The van der Waals surface area contributed by atoms with E-state index in [1.54, 1.807) is 12.1 Å². The number of thiazole rings is 1. The van der Waals surface area contributed by atoms with Crippen LogP contribution in [0.5, 0.6) is 0 Å². The zero-order valence-corrected chi connectivity index (χ0v) is 12.1. The molecular weight excluding hydrogens is 276 g/mol. The highest BCUT2D eigenvalue weighted by atomic mass is 32.1. The van der Waals surface area contributed by atoms with Gasteiger partial charge >= 0.3 is 5.97 Å². The first-order valence-corrected chi connectivity index (χ1v) is 7.18. The summed E-state index contributed by atoms with van der Waals surface area (Å²) in [5.74, 6) is -0.290. The highest BCUT2D eigenvalue weighted by Crippen LogP contribution is 2.30. The number of nitrogens with zero attached hydrogens (tertiary/aromatic N) is 2. The number of amides is 1. The number of ether oxygens (including phenoxy) is 1.